The van der Waals surface area contributed by atoms with Gasteiger partial charge < -0.3 is 15.3 Å². The molecule has 33 heavy (non-hydrogen) atoms. The van der Waals surface area contributed by atoms with Crippen molar-refractivity contribution in [3.8, 4) is 0 Å². The number of likely N-dealkylation sites (tertiary alicyclic amines) is 1. The maximum absolute atomic E-state index is 13.5. The number of fused-ring (bicyclic) bond motifs is 1. The second-order valence-electron chi connectivity index (χ2n) is 8.66. The second-order valence-corrected chi connectivity index (χ2v) is 8.66. The molecular formula is C25H28N4O4. The van der Waals surface area contributed by atoms with Crippen LogP contribution in [0.5, 0.6) is 0 Å². The molecule has 2 aliphatic rings. The molecular weight excluding hydrogens is 420 g/mol. The molecule has 0 spiro atoms. The fraction of sp³-hybridized carbons (Fsp3) is 0.360. The molecule has 0 radical (unpaired) electrons. The first-order chi connectivity index (χ1) is 15.9. The fourth-order valence-electron chi connectivity index (χ4n) is 4.80. The summed E-state index contributed by atoms with van der Waals surface area (Å²) in [6.45, 7) is 0.588. The summed E-state index contributed by atoms with van der Waals surface area (Å²) in [5.41, 5.74) is 1.89. The zero-order chi connectivity index (χ0) is 23.4. The summed E-state index contributed by atoms with van der Waals surface area (Å²) in [5, 5.41) is 17.6. The Labute approximate surface area is 192 Å². The molecule has 2 atom stereocenters. The smallest absolute Gasteiger partial charge is 0.405 e. The quantitative estimate of drug-likeness (QED) is 0.680. The SMILES string of the molecule is CN1N=C2CCN(C(=O)[C@@H](CCc3ccccc3)NC(=O)O)C[C@@]2(Cc2ccccc2)C1=O. The first kappa shape index (κ1) is 22.5. The zero-order valence-electron chi connectivity index (χ0n) is 18.6. The lowest BCUT2D eigenvalue weighted by Gasteiger charge is -2.40. The van der Waals surface area contributed by atoms with Crippen molar-refractivity contribution in [3.63, 3.8) is 0 Å². The van der Waals surface area contributed by atoms with Crippen molar-refractivity contribution in [2.24, 2.45) is 10.5 Å². The van der Waals surface area contributed by atoms with Crippen LogP contribution in [-0.2, 0) is 22.4 Å². The molecule has 0 bridgehead atoms. The lowest BCUT2D eigenvalue weighted by molar-refractivity contribution is -0.140. The minimum absolute atomic E-state index is 0.133. The molecule has 0 unspecified atom stereocenters. The highest BCUT2D eigenvalue weighted by Crippen LogP contribution is 2.38. The monoisotopic (exact) mass is 448 g/mol. The van der Waals surface area contributed by atoms with Crippen LogP contribution in [0.15, 0.2) is 65.8 Å². The van der Waals surface area contributed by atoms with E-state index in [0.29, 0.717) is 32.2 Å². The van der Waals surface area contributed by atoms with Gasteiger partial charge in [-0.2, -0.15) is 5.10 Å². The van der Waals surface area contributed by atoms with E-state index in [1.54, 1.807) is 11.9 Å². The highest BCUT2D eigenvalue weighted by atomic mass is 16.4. The van der Waals surface area contributed by atoms with Crippen LogP contribution in [0.2, 0.25) is 0 Å². The summed E-state index contributed by atoms with van der Waals surface area (Å²) < 4.78 is 0. The Kier molecular flexibility index (Phi) is 6.44. The minimum atomic E-state index is -1.24. The molecule has 4 rings (SSSR count). The summed E-state index contributed by atoms with van der Waals surface area (Å²) in [7, 11) is 1.64. The Bertz CT molecular complexity index is 1060. The Morgan fingerprint density at radius 1 is 1.09 bits per heavy atom. The number of carboxylic acid groups (broad SMARTS) is 1. The van der Waals surface area contributed by atoms with Gasteiger partial charge in [-0.3, -0.25) is 9.59 Å². The Balaban J connectivity index is 1.55. The van der Waals surface area contributed by atoms with Crippen molar-refractivity contribution < 1.29 is 19.5 Å². The van der Waals surface area contributed by atoms with Gasteiger partial charge in [0.1, 0.15) is 11.5 Å². The molecule has 2 heterocycles. The lowest BCUT2D eigenvalue weighted by Crippen LogP contribution is -2.58. The van der Waals surface area contributed by atoms with Crippen molar-refractivity contribution in [1.29, 1.82) is 0 Å². The first-order valence-corrected chi connectivity index (χ1v) is 11.1. The molecule has 0 aromatic heterocycles. The van der Waals surface area contributed by atoms with Crippen LogP contribution in [-0.4, -0.2) is 64.8 Å². The van der Waals surface area contributed by atoms with E-state index in [9.17, 15) is 19.5 Å². The van der Waals surface area contributed by atoms with Gasteiger partial charge in [-0.1, -0.05) is 60.7 Å². The van der Waals surface area contributed by atoms with Crippen LogP contribution in [0, 0.1) is 5.41 Å². The number of benzene rings is 2. The minimum Gasteiger partial charge on any atom is -0.465 e. The van der Waals surface area contributed by atoms with Crippen LogP contribution in [0.3, 0.4) is 0 Å². The number of amides is 3. The van der Waals surface area contributed by atoms with Gasteiger partial charge in [0.25, 0.3) is 5.91 Å². The van der Waals surface area contributed by atoms with Crippen LogP contribution in [0.4, 0.5) is 4.79 Å². The number of piperidine rings is 1. The highest BCUT2D eigenvalue weighted by Gasteiger charge is 2.53. The first-order valence-electron chi connectivity index (χ1n) is 11.1. The molecule has 172 valence electrons. The van der Waals surface area contributed by atoms with E-state index in [2.05, 4.69) is 10.4 Å². The molecule has 3 amide bonds. The topological polar surface area (TPSA) is 102 Å². The molecule has 1 saturated heterocycles. The predicted octanol–water partition coefficient (Wildman–Crippen LogP) is 2.54. The molecule has 2 aromatic rings. The average molecular weight is 449 g/mol. The molecule has 1 fully saturated rings. The molecule has 2 aliphatic heterocycles. The van der Waals surface area contributed by atoms with Crippen molar-refractivity contribution in [3.05, 3.63) is 71.8 Å². The van der Waals surface area contributed by atoms with E-state index in [-0.39, 0.29) is 18.4 Å². The van der Waals surface area contributed by atoms with Crippen LogP contribution in [0.1, 0.15) is 24.0 Å². The van der Waals surface area contributed by atoms with Gasteiger partial charge in [0.15, 0.2) is 0 Å². The largest absolute Gasteiger partial charge is 0.465 e. The van der Waals surface area contributed by atoms with Crippen LogP contribution < -0.4 is 5.32 Å². The van der Waals surface area contributed by atoms with Gasteiger partial charge in [-0.15, -0.1) is 0 Å². The third-order valence-electron chi connectivity index (χ3n) is 6.43. The number of hydrogen-bond donors (Lipinski definition) is 2. The van der Waals surface area contributed by atoms with Gasteiger partial charge in [0, 0.05) is 26.6 Å². The number of nitrogens with zero attached hydrogens (tertiary/aromatic N) is 3. The standard InChI is InChI=1S/C25H28N4O4/c1-28-23(31)25(16-19-10-6-3-7-11-19)17-29(15-14-21(25)27-28)22(30)20(26-24(32)33)13-12-18-8-4-2-5-9-18/h2-11,20,26H,12-17H2,1H3,(H,32,33)/t20-,25-/m1/s1. The number of nitrogens with one attached hydrogen (secondary N) is 1. The third kappa shape index (κ3) is 4.74. The van der Waals surface area contributed by atoms with Crippen molar-refractivity contribution in [1.82, 2.24) is 15.2 Å². The third-order valence-corrected chi connectivity index (χ3v) is 6.43. The second kappa shape index (κ2) is 9.44. The predicted molar refractivity (Wildman–Crippen MR) is 124 cm³/mol. The number of hydrogen-bond acceptors (Lipinski definition) is 4. The number of rotatable bonds is 7. The van der Waals surface area contributed by atoms with E-state index < -0.39 is 17.6 Å². The van der Waals surface area contributed by atoms with E-state index >= 15 is 0 Å². The van der Waals surface area contributed by atoms with Crippen LogP contribution in [0.25, 0.3) is 0 Å². The summed E-state index contributed by atoms with van der Waals surface area (Å²) in [6.07, 6.45) is 0.589. The van der Waals surface area contributed by atoms with Gasteiger partial charge in [-0.05, 0) is 30.4 Å². The summed E-state index contributed by atoms with van der Waals surface area (Å²) in [5.74, 6) is -0.437. The maximum Gasteiger partial charge on any atom is 0.405 e. The van der Waals surface area contributed by atoms with Crippen LogP contribution >= 0.6 is 0 Å². The molecule has 0 saturated carbocycles. The maximum atomic E-state index is 13.5. The Morgan fingerprint density at radius 3 is 2.36 bits per heavy atom. The number of carbonyl (C=O) groups is 3. The zero-order valence-corrected chi connectivity index (χ0v) is 18.6. The number of hydrazone groups is 1. The molecule has 2 aromatic carbocycles. The van der Waals surface area contributed by atoms with Gasteiger partial charge >= 0.3 is 6.09 Å². The van der Waals surface area contributed by atoms with Gasteiger partial charge in [0.2, 0.25) is 5.91 Å². The average Bonchev–Trinajstić information content (AvgIpc) is 3.06. The van der Waals surface area contributed by atoms with Gasteiger partial charge in [-0.25, -0.2) is 9.80 Å². The van der Waals surface area contributed by atoms with Crippen molar-refractivity contribution >= 4 is 23.6 Å². The molecule has 2 N–H and O–H groups in total. The molecule has 0 aliphatic carbocycles. The van der Waals surface area contributed by atoms with E-state index in [0.717, 1.165) is 16.8 Å². The van der Waals surface area contributed by atoms with Gasteiger partial charge in [0.05, 0.1) is 5.71 Å². The van der Waals surface area contributed by atoms with E-state index in [1.165, 1.54) is 5.01 Å². The van der Waals surface area contributed by atoms with Crippen molar-refractivity contribution in [2.45, 2.75) is 31.7 Å². The molecule has 8 nitrogen and oxygen atoms in total. The summed E-state index contributed by atoms with van der Waals surface area (Å²) >= 11 is 0. The summed E-state index contributed by atoms with van der Waals surface area (Å²) in [6, 6.07) is 18.5. The lowest BCUT2D eigenvalue weighted by atomic mass is 9.73. The van der Waals surface area contributed by atoms with Crippen molar-refractivity contribution in [2.75, 3.05) is 20.1 Å². The highest BCUT2D eigenvalue weighted by molar-refractivity contribution is 6.13. The van der Waals surface area contributed by atoms with E-state index in [1.807, 2.05) is 60.7 Å². The van der Waals surface area contributed by atoms with E-state index in [4.69, 9.17) is 0 Å². The number of carbonyl (C=O) groups excluding carboxylic acids is 2. The Hall–Kier alpha value is -3.68. The Morgan fingerprint density at radius 2 is 1.73 bits per heavy atom. The fourth-order valence-corrected chi connectivity index (χ4v) is 4.80. The number of aryl methyl sites for hydroxylation is 1. The normalized spacial score (nSPS) is 20.8. The molecule has 8 heteroatoms. The summed E-state index contributed by atoms with van der Waals surface area (Å²) in [4.78, 5) is 39.8.